The molecule has 1 N–H and O–H groups in total. The number of carbonyl (C=O) groups is 1. The van der Waals surface area contributed by atoms with E-state index in [2.05, 4.69) is 21.2 Å². The van der Waals surface area contributed by atoms with Crippen LogP contribution in [-0.4, -0.2) is 74.8 Å². The number of amides is 1. The van der Waals surface area contributed by atoms with Gasteiger partial charge < -0.3 is 14.8 Å². The second kappa shape index (κ2) is 6.47. The van der Waals surface area contributed by atoms with Crippen molar-refractivity contribution in [2.24, 2.45) is 0 Å². The number of morpholine rings is 1. The zero-order chi connectivity index (χ0) is 16.4. The quantitative estimate of drug-likeness (QED) is 0.867. The number of nitrogens with one attached hydrogen (secondary N) is 1. The summed E-state index contributed by atoms with van der Waals surface area (Å²) in [5.41, 5.74) is 1.05. The van der Waals surface area contributed by atoms with Gasteiger partial charge in [-0.25, -0.2) is 0 Å². The van der Waals surface area contributed by atoms with Gasteiger partial charge in [0.15, 0.2) is 0 Å². The first-order valence-electron chi connectivity index (χ1n) is 7.97. The lowest BCUT2D eigenvalue weighted by Gasteiger charge is -2.55. The van der Waals surface area contributed by atoms with Crippen molar-refractivity contribution in [2.45, 2.75) is 18.2 Å². The zero-order valence-corrected chi connectivity index (χ0v) is 14.0. The fourth-order valence-corrected chi connectivity index (χ4v) is 3.58. The van der Waals surface area contributed by atoms with Gasteiger partial charge in [-0.3, -0.25) is 14.6 Å². The molecule has 2 heterocycles. The molecule has 1 aromatic carbocycles. The van der Waals surface area contributed by atoms with Crippen molar-refractivity contribution in [1.29, 1.82) is 0 Å². The first-order chi connectivity index (χ1) is 11.1. The average Bonchev–Trinajstić information content (AvgIpc) is 2.53. The minimum Gasteiger partial charge on any atom is -0.496 e. The highest BCUT2D eigenvalue weighted by Gasteiger charge is 2.49. The summed E-state index contributed by atoms with van der Waals surface area (Å²) < 4.78 is 11.5. The molecule has 0 radical (unpaired) electrons. The summed E-state index contributed by atoms with van der Waals surface area (Å²) in [6.07, 6.45) is 0. The van der Waals surface area contributed by atoms with Crippen LogP contribution in [-0.2, 0) is 16.1 Å². The predicted octanol–water partition coefficient (Wildman–Crippen LogP) is 0.326. The van der Waals surface area contributed by atoms with Crippen LogP contribution < -0.4 is 10.1 Å². The minimum absolute atomic E-state index is 0.0209. The van der Waals surface area contributed by atoms with E-state index < -0.39 is 0 Å². The monoisotopic (exact) mass is 319 g/mol. The Labute approximate surface area is 137 Å². The van der Waals surface area contributed by atoms with Crippen LogP contribution in [0.4, 0.5) is 0 Å². The van der Waals surface area contributed by atoms with E-state index >= 15 is 0 Å². The number of hydrogen-bond donors (Lipinski definition) is 1. The predicted molar refractivity (Wildman–Crippen MR) is 87.4 cm³/mol. The summed E-state index contributed by atoms with van der Waals surface area (Å²) in [7, 11) is 5.36. The Hall–Kier alpha value is -1.63. The molecule has 23 heavy (non-hydrogen) atoms. The van der Waals surface area contributed by atoms with Gasteiger partial charge in [0.2, 0.25) is 5.91 Å². The van der Waals surface area contributed by atoms with E-state index in [-0.39, 0.29) is 17.6 Å². The van der Waals surface area contributed by atoms with E-state index in [1.54, 1.807) is 14.2 Å². The first-order valence-corrected chi connectivity index (χ1v) is 7.97. The average molecular weight is 319 g/mol. The Balaban J connectivity index is 1.56. The molecule has 0 bridgehead atoms. The molecule has 126 valence electrons. The largest absolute Gasteiger partial charge is 0.496 e. The van der Waals surface area contributed by atoms with Gasteiger partial charge in [0, 0.05) is 38.8 Å². The van der Waals surface area contributed by atoms with Crippen LogP contribution >= 0.6 is 0 Å². The van der Waals surface area contributed by atoms with Crippen molar-refractivity contribution in [3.05, 3.63) is 29.8 Å². The molecule has 1 aromatic rings. The number of nitrogens with zero attached hydrogens (tertiary/aromatic N) is 2. The number of likely N-dealkylation sites (N-methyl/N-ethyl adjacent to an activating group) is 2. The zero-order valence-electron chi connectivity index (χ0n) is 14.0. The van der Waals surface area contributed by atoms with Gasteiger partial charge >= 0.3 is 0 Å². The van der Waals surface area contributed by atoms with Crippen molar-refractivity contribution in [2.75, 3.05) is 47.4 Å². The molecular weight excluding hydrogens is 294 g/mol. The number of benzene rings is 1. The molecular formula is C17H25N3O3. The number of ether oxygens (including phenoxy) is 2. The third-order valence-electron chi connectivity index (χ3n) is 4.78. The van der Waals surface area contributed by atoms with Crippen molar-refractivity contribution in [3.8, 4) is 5.75 Å². The molecule has 6 nitrogen and oxygen atoms in total. The Morgan fingerprint density at radius 2 is 2.13 bits per heavy atom. The topological polar surface area (TPSA) is 54.0 Å². The molecule has 0 aliphatic carbocycles. The Kier molecular flexibility index (Phi) is 4.57. The maximum Gasteiger partial charge on any atom is 0.239 e. The Morgan fingerprint density at radius 3 is 2.78 bits per heavy atom. The van der Waals surface area contributed by atoms with Gasteiger partial charge in [-0.15, -0.1) is 0 Å². The normalized spacial score (nSPS) is 24.2. The molecule has 0 unspecified atom stereocenters. The van der Waals surface area contributed by atoms with Gasteiger partial charge in [0.05, 0.1) is 13.7 Å². The van der Waals surface area contributed by atoms with Crippen molar-refractivity contribution in [3.63, 3.8) is 0 Å². The van der Waals surface area contributed by atoms with E-state index in [0.29, 0.717) is 6.61 Å². The lowest BCUT2D eigenvalue weighted by atomic mass is 9.90. The van der Waals surface area contributed by atoms with Crippen LogP contribution in [0.1, 0.15) is 5.56 Å². The molecule has 1 amide bonds. The van der Waals surface area contributed by atoms with E-state index in [0.717, 1.165) is 31.9 Å². The molecule has 3 rings (SSSR count). The summed E-state index contributed by atoms with van der Waals surface area (Å²) in [6.45, 7) is 3.87. The Bertz CT molecular complexity index is 572. The maximum absolute atomic E-state index is 11.8. The number of likely N-dealkylation sites (tertiary alicyclic amines) is 1. The van der Waals surface area contributed by atoms with E-state index in [1.807, 2.05) is 25.2 Å². The van der Waals surface area contributed by atoms with Crippen molar-refractivity contribution >= 4 is 5.91 Å². The highest BCUT2D eigenvalue weighted by atomic mass is 16.5. The van der Waals surface area contributed by atoms with Crippen LogP contribution in [0.2, 0.25) is 0 Å². The van der Waals surface area contributed by atoms with Crippen molar-refractivity contribution in [1.82, 2.24) is 15.1 Å². The summed E-state index contributed by atoms with van der Waals surface area (Å²) in [5, 5.41) is 2.70. The molecule has 1 spiro atoms. The minimum atomic E-state index is -0.186. The third-order valence-corrected chi connectivity index (χ3v) is 4.78. The van der Waals surface area contributed by atoms with Crippen LogP contribution in [0.3, 0.4) is 0 Å². The van der Waals surface area contributed by atoms with Gasteiger partial charge in [0.25, 0.3) is 0 Å². The highest BCUT2D eigenvalue weighted by Crippen LogP contribution is 2.32. The lowest BCUT2D eigenvalue weighted by Crippen LogP contribution is -2.71. The van der Waals surface area contributed by atoms with Crippen LogP contribution in [0.15, 0.2) is 24.3 Å². The van der Waals surface area contributed by atoms with Crippen LogP contribution in [0.5, 0.6) is 5.75 Å². The molecule has 6 heteroatoms. The van der Waals surface area contributed by atoms with Gasteiger partial charge in [0.1, 0.15) is 17.4 Å². The SMILES string of the molecule is CNC(=O)[C@@H]1COC2(CN(Cc3ccccc3OC)C2)CN1C. The molecule has 1 atom stereocenters. The summed E-state index contributed by atoms with van der Waals surface area (Å²) in [4.78, 5) is 16.3. The molecule has 2 aliphatic rings. The molecule has 2 saturated heterocycles. The summed E-state index contributed by atoms with van der Waals surface area (Å²) >= 11 is 0. The summed E-state index contributed by atoms with van der Waals surface area (Å²) in [6, 6.07) is 7.92. The highest BCUT2D eigenvalue weighted by molar-refractivity contribution is 5.81. The van der Waals surface area contributed by atoms with E-state index in [1.165, 1.54) is 5.56 Å². The summed E-state index contributed by atoms with van der Waals surface area (Å²) in [5.74, 6) is 0.947. The van der Waals surface area contributed by atoms with Gasteiger partial charge in [-0.1, -0.05) is 18.2 Å². The van der Waals surface area contributed by atoms with E-state index in [9.17, 15) is 4.79 Å². The van der Waals surface area contributed by atoms with Gasteiger partial charge in [-0.2, -0.15) is 0 Å². The standard InChI is InChI=1S/C17H25N3O3/c1-18-16(21)14-9-23-17(10-19(14)2)11-20(12-17)8-13-6-4-5-7-15(13)22-3/h4-7,14H,8-12H2,1-3H3,(H,18,21)/t14-/m0/s1. The smallest absolute Gasteiger partial charge is 0.239 e. The molecule has 0 saturated carbocycles. The number of carbonyl (C=O) groups excluding carboxylic acids is 1. The number of rotatable bonds is 4. The maximum atomic E-state index is 11.8. The fraction of sp³-hybridized carbons (Fsp3) is 0.588. The number of hydrogen-bond acceptors (Lipinski definition) is 5. The van der Waals surface area contributed by atoms with Crippen LogP contribution in [0.25, 0.3) is 0 Å². The second-order valence-corrected chi connectivity index (χ2v) is 6.50. The Morgan fingerprint density at radius 1 is 1.39 bits per heavy atom. The van der Waals surface area contributed by atoms with Gasteiger partial charge in [-0.05, 0) is 13.1 Å². The molecule has 0 aromatic heterocycles. The lowest BCUT2D eigenvalue weighted by molar-refractivity contribution is -0.198. The first kappa shape index (κ1) is 16.2. The second-order valence-electron chi connectivity index (χ2n) is 6.50. The van der Waals surface area contributed by atoms with E-state index in [4.69, 9.17) is 9.47 Å². The number of methoxy groups -OCH3 is 1. The fourth-order valence-electron chi connectivity index (χ4n) is 3.58. The third kappa shape index (κ3) is 3.20. The number of para-hydroxylation sites is 1. The van der Waals surface area contributed by atoms with Crippen molar-refractivity contribution < 1.29 is 14.3 Å². The molecule has 2 fully saturated rings. The van der Waals surface area contributed by atoms with Crippen LogP contribution in [0, 0.1) is 0 Å². The molecule has 2 aliphatic heterocycles.